The number of halogens is 9. The van der Waals surface area contributed by atoms with E-state index in [9.17, 15) is 54.2 Å². The Morgan fingerprint density at radius 2 is 1.56 bits per heavy atom. The first kappa shape index (κ1) is 33.0. The summed E-state index contributed by atoms with van der Waals surface area (Å²) in [6.45, 7) is 1.96. The first-order valence-corrected chi connectivity index (χ1v) is 13.4. The molecule has 1 amide bonds. The van der Waals surface area contributed by atoms with Crippen LogP contribution in [0.15, 0.2) is 18.2 Å². The van der Waals surface area contributed by atoms with Gasteiger partial charge in [-0.3, -0.25) is 4.90 Å². The molecular formula is C26H30F9N3O5. The summed E-state index contributed by atoms with van der Waals surface area (Å²) in [6.07, 6.45) is -21.1. The van der Waals surface area contributed by atoms with Gasteiger partial charge in [-0.2, -0.15) is 39.5 Å². The van der Waals surface area contributed by atoms with Gasteiger partial charge in [0.05, 0.1) is 18.7 Å². The molecule has 1 spiro atoms. The van der Waals surface area contributed by atoms with Gasteiger partial charge in [-0.1, -0.05) is 6.07 Å². The van der Waals surface area contributed by atoms with Gasteiger partial charge in [-0.05, 0) is 55.8 Å². The summed E-state index contributed by atoms with van der Waals surface area (Å²) in [5.41, 5.74) is -2.62. The fraction of sp³-hybridized carbons (Fsp3) is 0.692. The van der Waals surface area contributed by atoms with Crippen LogP contribution in [0.4, 0.5) is 50.0 Å². The molecule has 43 heavy (non-hydrogen) atoms. The van der Waals surface area contributed by atoms with Crippen molar-refractivity contribution in [2.24, 2.45) is 5.41 Å². The second-order valence-electron chi connectivity index (χ2n) is 11.5. The lowest BCUT2D eigenvalue weighted by Gasteiger charge is -2.40. The minimum absolute atomic E-state index is 0.0495. The number of benzene rings is 1. The van der Waals surface area contributed by atoms with E-state index in [1.165, 1.54) is 24.0 Å². The van der Waals surface area contributed by atoms with Gasteiger partial charge < -0.3 is 24.4 Å². The SMILES string of the molecule is CC1(C(=O)O)CN(c2cc(CN3CCC4(CCN(C(=O)OC(C(F)(F)F)C(F)(F)F)CC4)C3)ccc2C(F)(F)F)CCO1. The molecule has 0 aliphatic carbocycles. The topological polar surface area (TPSA) is 82.6 Å². The van der Waals surface area contributed by atoms with Crippen LogP contribution in [0.3, 0.4) is 0 Å². The van der Waals surface area contributed by atoms with E-state index in [4.69, 9.17) is 4.74 Å². The summed E-state index contributed by atoms with van der Waals surface area (Å²) in [5, 5.41) is 9.51. The largest absolute Gasteiger partial charge is 0.479 e. The fourth-order valence-electron chi connectivity index (χ4n) is 5.87. The van der Waals surface area contributed by atoms with Gasteiger partial charge in [-0.25, -0.2) is 9.59 Å². The molecule has 3 saturated heterocycles. The smallest absolute Gasteiger partial charge is 0.434 e. The molecule has 4 rings (SSSR count). The van der Waals surface area contributed by atoms with Crippen LogP contribution < -0.4 is 4.90 Å². The average Bonchev–Trinajstić information content (AvgIpc) is 3.27. The predicted molar refractivity (Wildman–Crippen MR) is 131 cm³/mol. The van der Waals surface area contributed by atoms with E-state index in [1.54, 1.807) is 0 Å². The Morgan fingerprint density at radius 1 is 0.953 bits per heavy atom. The molecule has 1 N–H and O–H groups in total. The number of amides is 1. The van der Waals surface area contributed by atoms with Crippen molar-refractivity contribution in [3.63, 3.8) is 0 Å². The minimum atomic E-state index is -5.81. The maximum atomic E-state index is 13.9. The number of carbonyl (C=O) groups excluding carboxylic acids is 1. The lowest BCUT2D eigenvalue weighted by Crippen LogP contribution is -2.55. The van der Waals surface area contributed by atoms with E-state index in [0.717, 1.165) is 11.0 Å². The highest BCUT2D eigenvalue weighted by molar-refractivity contribution is 5.78. The monoisotopic (exact) mass is 635 g/mol. The third-order valence-electron chi connectivity index (χ3n) is 8.25. The number of likely N-dealkylation sites (tertiary alicyclic amines) is 2. The summed E-state index contributed by atoms with van der Waals surface area (Å²) in [7, 11) is 0. The van der Waals surface area contributed by atoms with Crippen LogP contribution in [0.25, 0.3) is 0 Å². The summed E-state index contributed by atoms with van der Waals surface area (Å²) in [5.74, 6) is -1.30. The number of hydrogen-bond donors (Lipinski definition) is 1. The first-order chi connectivity index (χ1) is 19.7. The second-order valence-corrected chi connectivity index (χ2v) is 11.5. The van der Waals surface area contributed by atoms with E-state index in [0.29, 0.717) is 37.9 Å². The summed E-state index contributed by atoms with van der Waals surface area (Å²) >= 11 is 0. The molecule has 8 nitrogen and oxygen atoms in total. The zero-order chi connectivity index (χ0) is 32.0. The van der Waals surface area contributed by atoms with Crippen LogP contribution in [-0.2, 0) is 27.0 Å². The number of rotatable bonds is 5. The van der Waals surface area contributed by atoms with Gasteiger partial charge in [0.1, 0.15) is 0 Å². The Balaban J connectivity index is 1.41. The Bertz CT molecular complexity index is 1180. The Kier molecular flexibility index (Phi) is 8.83. The van der Waals surface area contributed by atoms with Crippen molar-refractivity contribution in [1.29, 1.82) is 0 Å². The molecule has 0 radical (unpaired) electrons. The summed E-state index contributed by atoms with van der Waals surface area (Å²) in [4.78, 5) is 27.9. The number of nitrogens with zero attached hydrogens (tertiary/aromatic N) is 3. The third kappa shape index (κ3) is 7.41. The van der Waals surface area contributed by atoms with Crippen LogP contribution >= 0.6 is 0 Å². The molecular weight excluding hydrogens is 605 g/mol. The molecule has 0 saturated carbocycles. The molecule has 3 aliphatic heterocycles. The van der Waals surface area contributed by atoms with E-state index < -0.39 is 47.9 Å². The molecule has 17 heteroatoms. The molecule has 3 heterocycles. The molecule has 0 aromatic heterocycles. The summed E-state index contributed by atoms with van der Waals surface area (Å²) < 4.78 is 127. The van der Waals surface area contributed by atoms with Gasteiger partial charge in [0, 0.05) is 38.4 Å². The van der Waals surface area contributed by atoms with Gasteiger partial charge >= 0.3 is 30.6 Å². The lowest BCUT2D eigenvalue weighted by atomic mass is 9.78. The second kappa shape index (κ2) is 11.5. The number of aliphatic carboxylic acids is 1. The Hall–Kier alpha value is -2.95. The molecule has 1 aromatic carbocycles. The quantitative estimate of drug-likeness (QED) is 0.440. The van der Waals surface area contributed by atoms with Gasteiger partial charge in [0.2, 0.25) is 0 Å². The number of carboxylic acid groups (broad SMARTS) is 1. The number of ether oxygens (including phenoxy) is 2. The molecule has 3 aliphatic rings. The van der Waals surface area contributed by atoms with Gasteiger partial charge in [0.15, 0.2) is 5.60 Å². The predicted octanol–water partition coefficient (Wildman–Crippen LogP) is 5.30. The number of morpholine rings is 1. The van der Waals surface area contributed by atoms with E-state index in [-0.39, 0.29) is 50.4 Å². The van der Waals surface area contributed by atoms with Crippen LogP contribution in [0.5, 0.6) is 0 Å². The van der Waals surface area contributed by atoms with Crippen LogP contribution in [0, 0.1) is 5.41 Å². The minimum Gasteiger partial charge on any atom is -0.479 e. The van der Waals surface area contributed by atoms with E-state index in [2.05, 4.69) is 4.74 Å². The first-order valence-electron chi connectivity index (χ1n) is 13.4. The average molecular weight is 636 g/mol. The summed E-state index contributed by atoms with van der Waals surface area (Å²) in [6, 6.07) is 3.66. The van der Waals surface area contributed by atoms with Crippen molar-refractivity contribution in [3.8, 4) is 0 Å². The van der Waals surface area contributed by atoms with Crippen molar-refractivity contribution in [2.45, 2.75) is 63.0 Å². The molecule has 1 unspecified atom stereocenters. The van der Waals surface area contributed by atoms with Gasteiger partial charge in [0.25, 0.3) is 6.10 Å². The Labute approximate surface area is 240 Å². The van der Waals surface area contributed by atoms with Crippen LogP contribution in [-0.4, -0.2) is 96.9 Å². The number of hydrogen-bond acceptors (Lipinski definition) is 6. The van der Waals surface area contributed by atoms with Crippen molar-refractivity contribution >= 4 is 17.7 Å². The molecule has 3 fully saturated rings. The highest BCUT2D eigenvalue weighted by atomic mass is 19.4. The number of anilines is 1. The normalized spacial score (nSPS) is 23.7. The molecule has 1 aromatic rings. The zero-order valence-corrected chi connectivity index (χ0v) is 22.9. The van der Waals surface area contributed by atoms with Crippen molar-refractivity contribution < 1.29 is 63.7 Å². The maximum absolute atomic E-state index is 13.9. The fourth-order valence-corrected chi connectivity index (χ4v) is 5.87. The van der Waals surface area contributed by atoms with Gasteiger partial charge in [-0.15, -0.1) is 0 Å². The molecule has 0 bridgehead atoms. The highest BCUT2D eigenvalue weighted by Gasteiger charge is 2.60. The number of alkyl halides is 9. The highest BCUT2D eigenvalue weighted by Crippen LogP contribution is 2.43. The number of carbonyl (C=O) groups is 2. The standard InChI is InChI=1S/C26H30F9N3O5/c1-22(20(39)40)14-38(10-11-42-22)18-12-16(2-3-17(18)24(27,28)29)13-36-7-4-23(15-36)5-8-37(9-6-23)21(41)43-19(25(30,31)32)26(33,34)35/h2-3,12,19H,4-11,13-15H2,1H3,(H,39,40). The Morgan fingerprint density at radius 3 is 2.12 bits per heavy atom. The number of piperidine rings is 1. The van der Waals surface area contributed by atoms with E-state index >= 15 is 0 Å². The maximum Gasteiger partial charge on any atom is 0.434 e. The van der Waals surface area contributed by atoms with Crippen molar-refractivity contribution in [3.05, 3.63) is 29.3 Å². The van der Waals surface area contributed by atoms with Crippen LogP contribution in [0.2, 0.25) is 0 Å². The molecule has 1 atom stereocenters. The molecule has 242 valence electrons. The van der Waals surface area contributed by atoms with Crippen molar-refractivity contribution in [2.75, 3.05) is 50.8 Å². The van der Waals surface area contributed by atoms with Crippen LogP contribution in [0.1, 0.15) is 37.3 Å². The number of carboxylic acids is 1. The van der Waals surface area contributed by atoms with E-state index in [1.807, 2.05) is 4.90 Å². The zero-order valence-electron chi connectivity index (χ0n) is 22.9. The third-order valence-corrected chi connectivity index (χ3v) is 8.25. The van der Waals surface area contributed by atoms with Crippen molar-refractivity contribution in [1.82, 2.24) is 9.80 Å². The lowest BCUT2D eigenvalue weighted by molar-refractivity contribution is -0.308.